The molecule has 3 aromatic carbocycles. The maximum Gasteiger partial charge on any atom is 0.307 e. The molecule has 0 aliphatic carbocycles. The molecule has 0 spiro atoms. The SMILES string of the molecule is Cc1ccc(S(=O)(=O)N2CCN(Cc3cc(CC(=O)O)ccc3-c3ccc(Cl)cc3)CC2)cc1. The highest BCUT2D eigenvalue weighted by molar-refractivity contribution is 7.89. The van der Waals surface area contributed by atoms with Crippen LogP contribution in [0.15, 0.2) is 71.6 Å². The van der Waals surface area contributed by atoms with Crippen LogP contribution >= 0.6 is 11.6 Å². The quantitative estimate of drug-likeness (QED) is 0.520. The molecule has 8 heteroatoms. The molecule has 4 rings (SSSR count). The van der Waals surface area contributed by atoms with E-state index >= 15 is 0 Å². The Labute approximate surface area is 205 Å². The second-order valence-electron chi connectivity index (χ2n) is 8.56. The van der Waals surface area contributed by atoms with Gasteiger partial charge in [-0.05, 0) is 53.4 Å². The van der Waals surface area contributed by atoms with Crippen molar-refractivity contribution in [2.45, 2.75) is 24.8 Å². The number of piperazine rings is 1. The number of benzene rings is 3. The summed E-state index contributed by atoms with van der Waals surface area (Å²) >= 11 is 6.05. The zero-order valence-corrected chi connectivity index (χ0v) is 20.5. The Hall–Kier alpha value is -2.71. The number of rotatable bonds is 7. The molecule has 0 unspecified atom stereocenters. The molecule has 1 saturated heterocycles. The average molecular weight is 499 g/mol. The van der Waals surface area contributed by atoms with Gasteiger partial charge in [-0.25, -0.2) is 8.42 Å². The number of hydrogen-bond acceptors (Lipinski definition) is 4. The molecule has 3 aromatic rings. The zero-order chi connectivity index (χ0) is 24.3. The van der Waals surface area contributed by atoms with Crippen LogP contribution in [0.1, 0.15) is 16.7 Å². The Morgan fingerprint density at radius 1 is 0.941 bits per heavy atom. The van der Waals surface area contributed by atoms with Gasteiger partial charge in [0.25, 0.3) is 0 Å². The van der Waals surface area contributed by atoms with E-state index in [1.54, 1.807) is 12.1 Å². The lowest BCUT2D eigenvalue weighted by Crippen LogP contribution is -2.48. The van der Waals surface area contributed by atoms with Crippen molar-refractivity contribution in [3.63, 3.8) is 0 Å². The minimum atomic E-state index is -3.52. The van der Waals surface area contributed by atoms with Gasteiger partial charge in [-0.3, -0.25) is 9.69 Å². The third-order valence-corrected chi connectivity index (χ3v) is 8.23. The standard InChI is InChI=1S/C26H27ClN2O4S/c1-19-2-9-24(10-3-19)34(32,33)29-14-12-28(13-15-29)18-22-16-20(17-26(30)31)4-11-25(22)21-5-7-23(27)8-6-21/h2-11,16H,12-15,17-18H2,1H3,(H,30,31). The van der Waals surface area contributed by atoms with Crippen molar-refractivity contribution in [1.29, 1.82) is 0 Å². The molecular weight excluding hydrogens is 472 g/mol. The molecule has 0 amide bonds. The van der Waals surface area contributed by atoms with Crippen LogP contribution in [0.5, 0.6) is 0 Å². The Bertz CT molecular complexity index is 1270. The van der Waals surface area contributed by atoms with E-state index in [9.17, 15) is 18.3 Å². The fourth-order valence-corrected chi connectivity index (χ4v) is 5.75. The predicted octanol–water partition coefficient (Wildman–Crippen LogP) is 4.45. The topological polar surface area (TPSA) is 77.9 Å². The lowest BCUT2D eigenvalue weighted by Gasteiger charge is -2.34. The molecule has 1 aliphatic heterocycles. The van der Waals surface area contributed by atoms with Crippen LogP contribution in [0.3, 0.4) is 0 Å². The average Bonchev–Trinajstić information content (AvgIpc) is 2.80. The monoisotopic (exact) mass is 498 g/mol. The van der Waals surface area contributed by atoms with Gasteiger partial charge < -0.3 is 5.11 Å². The molecule has 1 heterocycles. The molecule has 0 atom stereocenters. The van der Waals surface area contributed by atoms with E-state index in [0.717, 1.165) is 27.8 Å². The Morgan fingerprint density at radius 3 is 2.21 bits per heavy atom. The number of hydrogen-bond donors (Lipinski definition) is 1. The number of nitrogens with zero attached hydrogens (tertiary/aromatic N) is 2. The zero-order valence-electron chi connectivity index (χ0n) is 18.9. The Balaban J connectivity index is 1.51. The van der Waals surface area contributed by atoms with Gasteiger partial charge >= 0.3 is 5.97 Å². The second kappa shape index (κ2) is 10.3. The van der Waals surface area contributed by atoms with E-state index in [2.05, 4.69) is 4.90 Å². The highest BCUT2D eigenvalue weighted by Crippen LogP contribution is 2.28. The van der Waals surface area contributed by atoms with Crippen LogP contribution in [-0.4, -0.2) is 54.9 Å². The summed E-state index contributed by atoms with van der Waals surface area (Å²) in [7, 11) is -3.52. The van der Waals surface area contributed by atoms with Gasteiger partial charge in [0.1, 0.15) is 0 Å². The van der Waals surface area contributed by atoms with Gasteiger partial charge in [-0.15, -0.1) is 0 Å². The molecule has 0 aromatic heterocycles. The summed E-state index contributed by atoms with van der Waals surface area (Å²) in [5.41, 5.74) is 4.78. The number of carboxylic acids is 1. The van der Waals surface area contributed by atoms with Crippen LogP contribution in [0.2, 0.25) is 5.02 Å². The predicted molar refractivity (Wildman–Crippen MR) is 133 cm³/mol. The van der Waals surface area contributed by atoms with Crippen LogP contribution in [0.4, 0.5) is 0 Å². The van der Waals surface area contributed by atoms with Crippen molar-refractivity contribution in [2.75, 3.05) is 26.2 Å². The maximum atomic E-state index is 13.0. The van der Waals surface area contributed by atoms with Gasteiger partial charge in [-0.1, -0.05) is 59.6 Å². The lowest BCUT2D eigenvalue weighted by molar-refractivity contribution is -0.136. The van der Waals surface area contributed by atoms with E-state index in [-0.39, 0.29) is 6.42 Å². The van der Waals surface area contributed by atoms with E-state index in [1.807, 2.05) is 61.5 Å². The number of halogens is 1. The number of sulfonamides is 1. The van der Waals surface area contributed by atoms with E-state index < -0.39 is 16.0 Å². The van der Waals surface area contributed by atoms with Gasteiger partial charge in [0.05, 0.1) is 11.3 Å². The van der Waals surface area contributed by atoms with E-state index in [0.29, 0.717) is 42.6 Å². The fourth-order valence-electron chi connectivity index (χ4n) is 4.20. The van der Waals surface area contributed by atoms with Crippen molar-refractivity contribution < 1.29 is 18.3 Å². The van der Waals surface area contributed by atoms with Crippen molar-refractivity contribution in [3.8, 4) is 11.1 Å². The summed E-state index contributed by atoms with van der Waals surface area (Å²) in [5.74, 6) is -0.875. The van der Waals surface area contributed by atoms with Gasteiger partial charge in [0.2, 0.25) is 10.0 Å². The van der Waals surface area contributed by atoms with Crippen molar-refractivity contribution >= 4 is 27.6 Å². The number of carbonyl (C=O) groups is 1. The summed E-state index contributed by atoms with van der Waals surface area (Å²) in [4.78, 5) is 13.8. The normalized spacial score (nSPS) is 15.4. The first-order valence-corrected chi connectivity index (χ1v) is 12.9. The van der Waals surface area contributed by atoms with Gasteiger partial charge in [-0.2, -0.15) is 4.31 Å². The van der Waals surface area contributed by atoms with Crippen molar-refractivity contribution in [2.24, 2.45) is 0 Å². The summed E-state index contributed by atoms with van der Waals surface area (Å²) < 4.78 is 27.6. The summed E-state index contributed by atoms with van der Waals surface area (Å²) in [6.07, 6.45) is -0.0452. The third kappa shape index (κ3) is 5.67. The molecule has 0 radical (unpaired) electrons. The highest BCUT2D eigenvalue weighted by Gasteiger charge is 2.28. The van der Waals surface area contributed by atoms with E-state index in [1.165, 1.54) is 4.31 Å². The molecule has 1 aliphatic rings. The maximum absolute atomic E-state index is 13.0. The number of aryl methyl sites for hydroxylation is 1. The summed E-state index contributed by atoms with van der Waals surface area (Å²) in [6, 6.07) is 20.2. The molecule has 0 bridgehead atoms. The number of carboxylic acid groups (broad SMARTS) is 1. The highest BCUT2D eigenvalue weighted by atomic mass is 35.5. The smallest absolute Gasteiger partial charge is 0.307 e. The lowest BCUT2D eigenvalue weighted by atomic mass is 9.96. The minimum Gasteiger partial charge on any atom is -0.481 e. The molecular formula is C26H27ClN2O4S. The molecule has 1 fully saturated rings. The Kier molecular flexibility index (Phi) is 7.38. The molecule has 34 heavy (non-hydrogen) atoms. The molecule has 0 saturated carbocycles. The molecule has 6 nitrogen and oxygen atoms in total. The summed E-state index contributed by atoms with van der Waals surface area (Å²) in [5, 5.41) is 9.87. The molecule has 178 valence electrons. The van der Waals surface area contributed by atoms with Crippen molar-refractivity contribution in [1.82, 2.24) is 9.21 Å². The van der Waals surface area contributed by atoms with Crippen LogP contribution in [0, 0.1) is 6.92 Å². The first kappa shape index (κ1) is 24.4. The van der Waals surface area contributed by atoms with Gasteiger partial charge in [0, 0.05) is 37.7 Å². The van der Waals surface area contributed by atoms with Crippen LogP contribution in [0.25, 0.3) is 11.1 Å². The summed E-state index contributed by atoms with van der Waals surface area (Å²) in [6.45, 7) is 4.52. The third-order valence-electron chi connectivity index (χ3n) is 6.06. The van der Waals surface area contributed by atoms with Crippen molar-refractivity contribution in [3.05, 3.63) is 88.4 Å². The Morgan fingerprint density at radius 2 is 1.59 bits per heavy atom. The van der Waals surface area contributed by atoms with Gasteiger partial charge in [0.15, 0.2) is 0 Å². The minimum absolute atomic E-state index is 0.0452. The molecule has 1 N–H and O–H groups in total. The van der Waals surface area contributed by atoms with E-state index in [4.69, 9.17) is 11.6 Å². The second-order valence-corrected chi connectivity index (χ2v) is 10.9. The first-order valence-electron chi connectivity index (χ1n) is 11.1. The fraction of sp³-hybridized carbons (Fsp3) is 0.269. The number of aliphatic carboxylic acids is 1. The largest absolute Gasteiger partial charge is 0.481 e. The van der Waals surface area contributed by atoms with Crippen LogP contribution < -0.4 is 0 Å². The first-order chi connectivity index (χ1) is 16.2. The van der Waals surface area contributed by atoms with Crippen LogP contribution in [-0.2, 0) is 27.8 Å².